The molecule has 1 aromatic carbocycles. The molecule has 0 bridgehead atoms. The van der Waals surface area contributed by atoms with Gasteiger partial charge in [-0.25, -0.2) is 0 Å². The molecular weight excluding hydrogens is 436 g/mol. The molecule has 0 amide bonds. The molecule has 0 aliphatic carbocycles. The van der Waals surface area contributed by atoms with E-state index in [4.69, 9.17) is 9.47 Å². The third-order valence-electron chi connectivity index (χ3n) is 6.46. The number of carbonyl (C=O) groups excluding carboxylic acids is 2. The van der Waals surface area contributed by atoms with Gasteiger partial charge in [0.2, 0.25) is 0 Å². The largest absolute Gasteiger partial charge is 0.612 e. The summed E-state index contributed by atoms with van der Waals surface area (Å²) in [5.41, 5.74) is 0.360. The number of hydrogen-bond acceptors (Lipinski definition) is 8. The maximum atomic E-state index is 12.4. The van der Waals surface area contributed by atoms with Crippen molar-refractivity contribution in [3.63, 3.8) is 0 Å². The molecule has 2 aliphatic heterocycles. The van der Waals surface area contributed by atoms with Gasteiger partial charge < -0.3 is 29.3 Å². The molecule has 3 N–H and O–H groups in total. The molecule has 0 spiro atoms. The van der Waals surface area contributed by atoms with E-state index in [0.29, 0.717) is 16.9 Å². The van der Waals surface area contributed by atoms with E-state index in [0.717, 1.165) is 0 Å². The first-order valence-electron chi connectivity index (χ1n) is 10.9. The van der Waals surface area contributed by atoms with Crippen LogP contribution >= 0.6 is 0 Å². The van der Waals surface area contributed by atoms with Crippen LogP contribution in [0.25, 0.3) is 0 Å². The van der Waals surface area contributed by atoms with E-state index in [1.54, 1.807) is 37.4 Å². The van der Waals surface area contributed by atoms with Gasteiger partial charge in [0, 0.05) is 30.2 Å². The SMILES string of the molecule is C[C@H]([C@@H]1O[C@H]1C[C@@H]1OC[C@H](CC(=O)CC(=O)c2ccc([S+](C)[O-])cc2)[C@@H](O)[C@H]1O)[C@H](C)O. The highest BCUT2D eigenvalue weighted by Gasteiger charge is 2.48. The van der Waals surface area contributed by atoms with Crippen molar-refractivity contribution in [2.24, 2.45) is 11.8 Å². The van der Waals surface area contributed by atoms with Gasteiger partial charge in [-0.15, -0.1) is 0 Å². The Hall–Kier alpha value is -1.33. The Bertz CT molecular complexity index is 796. The molecule has 1 unspecified atom stereocenters. The highest BCUT2D eigenvalue weighted by molar-refractivity contribution is 7.90. The van der Waals surface area contributed by atoms with Gasteiger partial charge in [0.1, 0.15) is 18.1 Å². The minimum Gasteiger partial charge on any atom is -0.612 e. The fourth-order valence-corrected chi connectivity index (χ4v) is 4.64. The second-order valence-electron chi connectivity index (χ2n) is 8.91. The summed E-state index contributed by atoms with van der Waals surface area (Å²) >= 11 is -1.15. The molecule has 8 nitrogen and oxygen atoms in total. The standard InChI is InChI=1S/C23H32O8S/c1-12(13(2)24)23-20(31-23)10-19-22(28)21(27)15(11-30-19)8-16(25)9-18(26)14-4-6-17(7-5-14)32(3)29/h4-7,12-13,15,19-24,27-28H,8-11H2,1-3H3/t12-,13-,15-,19-,20-,21+,22-,23-,32?/m0/s1. The second-order valence-corrected chi connectivity index (χ2v) is 10.3. The molecule has 178 valence electrons. The molecule has 1 aromatic rings. The number of aliphatic hydroxyl groups is 3. The Kier molecular flexibility index (Phi) is 8.48. The van der Waals surface area contributed by atoms with Crippen molar-refractivity contribution >= 4 is 22.7 Å². The topological polar surface area (TPSA) is 140 Å². The first kappa shape index (κ1) is 25.3. The fraction of sp³-hybridized carbons (Fsp3) is 0.652. The summed E-state index contributed by atoms with van der Waals surface area (Å²) < 4.78 is 22.7. The summed E-state index contributed by atoms with van der Waals surface area (Å²) in [6, 6.07) is 6.29. The average Bonchev–Trinajstić information content (AvgIpc) is 3.51. The smallest absolute Gasteiger partial charge is 0.170 e. The Balaban J connectivity index is 1.47. The minimum absolute atomic E-state index is 0.0334. The number of Topliss-reactive ketones (excluding diaryl/α,β-unsaturated/α-hetero) is 2. The van der Waals surface area contributed by atoms with Crippen molar-refractivity contribution < 1.29 is 38.9 Å². The van der Waals surface area contributed by atoms with Crippen molar-refractivity contribution in [1.29, 1.82) is 0 Å². The first-order valence-corrected chi connectivity index (χ1v) is 12.4. The van der Waals surface area contributed by atoms with E-state index >= 15 is 0 Å². The van der Waals surface area contributed by atoms with Gasteiger partial charge in [-0.1, -0.05) is 6.92 Å². The van der Waals surface area contributed by atoms with E-state index < -0.39 is 41.5 Å². The van der Waals surface area contributed by atoms with Crippen molar-refractivity contribution in [2.45, 2.75) is 74.6 Å². The van der Waals surface area contributed by atoms with Crippen molar-refractivity contribution in [2.75, 3.05) is 12.9 Å². The third-order valence-corrected chi connectivity index (χ3v) is 7.40. The lowest BCUT2D eigenvalue weighted by Crippen LogP contribution is -2.51. The molecule has 2 fully saturated rings. The van der Waals surface area contributed by atoms with E-state index in [-0.39, 0.29) is 49.1 Å². The van der Waals surface area contributed by atoms with E-state index in [2.05, 4.69) is 0 Å². The van der Waals surface area contributed by atoms with Crippen LogP contribution in [0.2, 0.25) is 0 Å². The van der Waals surface area contributed by atoms with Gasteiger partial charge >= 0.3 is 0 Å². The lowest BCUT2D eigenvalue weighted by molar-refractivity contribution is -0.170. The molecular formula is C23H32O8S. The quantitative estimate of drug-likeness (QED) is 0.199. The maximum Gasteiger partial charge on any atom is 0.170 e. The summed E-state index contributed by atoms with van der Waals surface area (Å²) in [7, 11) is 0. The van der Waals surface area contributed by atoms with Crippen molar-refractivity contribution in [1.82, 2.24) is 0 Å². The lowest BCUT2D eigenvalue weighted by Gasteiger charge is -2.37. The van der Waals surface area contributed by atoms with Crippen LogP contribution in [-0.4, -0.2) is 80.9 Å². The van der Waals surface area contributed by atoms with Gasteiger partial charge in [-0.05, 0) is 42.4 Å². The van der Waals surface area contributed by atoms with Gasteiger partial charge in [-0.3, -0.25) is 9.59 Å². The zero-order valence-electron chi connectivity index (χ0n) is 18.5. The summed E-state index contributed by atoms with van der Waals surface area (Å²) in [6.07, 6.45) is -2.10. The summed E-state index contributed by atoms with van der Waals surface area (Å²) in [5, 5.41) is 30.7. The van der Waals surface area contributed by atoms with Gasteiger partial charge in [-0.2, -0.15) is 0 Å². The predicted molar refractivity (Wildman–Crippen MR) is 117 cm³/mol. The van der Waals surface area contributed by atoms with Crippen LogP contribution in [0.1, 0.15) is 43.5 Å². The molecule has 3 rings (SSSR count). The highest BCUT2D eigenvalue weighted by Crippen LogP contribution is 2.37. The molecule has 2 aliphatic rings. The van der Waals surface area contributed by atoms with Crippen LogP contribution in [0.3, 0.4) is 0 Å². The van der Waals surface area contributed by atoms with Crippen molar-refractivity contribution in [3.8, 4) is 0 Å². The van der Waals surface area contributed by atoms with Crippen LogP contribution in [0.15, 0.2) is 29.2 Å². The van der Waals surface area contributed by atoms with Crippen LogP contribution in [0.4, 0.5) is 0 Å². The average molecular weight is 469 g/mol. The minimum atomic E-state index is -1.16. The number of benzene rings is 1. The molecule has 9 heteroatoms. The van der Waals surface area contributed by atoms with Gasteiger partial charge in [0.05, 0.1) is 43.5 Å². The Morgan fingerprint density at radius 1 is 1.16 bits per heavy atom. The molecule has 0 radical (unpaired) electrons. The molecule has 32 heavy (non-hydrogen) atoms. The predicted octanol–water partition coefficient (Wildman–Crippen LogP) is 0.867. The van der Waals surface area contributed by atoms with Crippen molar-refractivity contribution in [3.05, 3.63) is 29.8 Å². The van der Waals surface area contributed by atoms with Crippen LogP contribution < -0.4 is 0 Å². The number of ketones is 2. The first-order chi connectivity index (χ1) is 15.1. The number of ether oxygens (including phenoxy) is 2. The molecule has 0 saturated carbocycles. The maximum absolute atomic E-state index is 12.4. The summed E-state index contributed by atoms with van der Waals surface area (Å²) in [6.45, 7) is 3.70. The third kappa shape index (κ3) is 6.17. The molecule has 2 heterocycles. The summed E-state index contributed by atoms with van der Waals surface area (Å²) in [4.78, 5) is 25.4. The van der Waals surface area contributed by atoms with Gasteiger partial charge in [0.15, 0.2) is 10.7 Å². The molecule has 9 atom stereocenters. The summed E-state index contributed by atoms with van der Waals surface area (Å²) in [5.74, 6) is -1.32. The Morgan fingerprint density at radius 3 is 2.41 bits per heavy atom. The molecule has 0 aromatic heterocycles. The Labute approximate surface area is 191 Å². The monoisotopic (exact) mass is 468 g/mol. The van der Waals surface area contributed by atoms with Crippen LogP contribution in [0, 0.1) is 11.8 Å². The number of carbonyl (C=O) groups is 2. The number of rotatable bonds is 10. The second kappa shape index (κ2) is 10.7. The zero-order chi connectivity index (χ0) is 23.6. The zero-order valence-corrected chi connectivity index (χ0v) is 19.4. The van der Waals surface area contributed by atoms with Crippen LogP contribution in [0.5, 0.6) is 0 Å². The lowest BCUT2D eigenvalue weighted by atomic mass is 9.85. The number of epoxide rings is 1. The van der Waals surface area contributed by atoms with Gasteiger partial charge in [0.25, 0.3) is 0 Å². The highest BCUT2D eigenvalue weighted by atomic mass is 32.2. The number of aliphatic hydroxyl groups excluding tert-OH is 3. The number of hydrogen-bond donors (Lipinski definition) is 3. The van der Waals surface area contributed by atoms with E-state index in [1.165, 1.54) is 0 Å². The van der Waals surface area contributed by atoms with Crippen LogP contribution in [-0.2, 0) is 25.4 Å². The van der Waals surface area contributed by atoms with E-state index in [9.17, 15) is 29.5 Å². The normalized spacial score (nSPS) is 32.7. The van der Waals surface area contributed by atoms with E-state index in [1.807, 2.05) is 6.92 Å². The Morgan fingerprint density at radius 2 is 1.81 bits per heavy atom. The fourth-order valence-electron chi connectivity index (χ4n) is 4.12. The molecule has 2 saturated heterocycles.